The molecule has 2 unspecified atom stereocenters. The summed E-state index contributed by atoms with van der Waals surface area (Å²) in [5.74, 6) is 0.691. The Morgan fingerprint density at radius 3 is 2.88 bits per heavy atom. The number of ether oxygens (including phenoxy) is 1. The molecule has 0 saturated heterocycles. The fraction of sp³-hybridized carbons (Fsp3) is 0.750. The molecule has 90 valence electrons. The fourth-order valence-corrected chi connectivity index (χ4v) is 2.89. The number of hydrogen-bond acceptors (Lipinski definition) is 4. The molecule has 0 amide bonds. The van der Waals surface area contributed by atoms with E-state index in [1.54, 1.807) is 11.3 Å². The topological polar surface area (TPSA) is 48.1 Å². The number of nitrogens with two attached hydrogens (primary N) is 1. The standard InChI is InChI=1S/C12H20N2OS/c1-3-15-12(9-4-5-9)10(13)6-11-14-8(2)7-16-11/h7,9-10,12H,3-6,13H2,1-2H3. The van der Waals surface area contributed by atoms with Crippen molar-refractivity contribution in [3.8, 4) is 0 Å². The summed E-state index contributed by atoms with van der Waals surface area (Å²) in [4.78, 5) is 4.46. The molecule has 0 bridgehead atoms. The lowest BCUT2D eigenvalue weighted by Gasteiger charge is -2.22. The number of nitrogens with zero attached hydrogens (tertiary/aromatic N) is 1. The molecule has 16 heavy (non-hydrogen) atoms. The predicted molar refractivity (Wildman–Crippen MR) is 66.7 cm³/mol. The normalized spacial score (nSPS) is 19.7. The van der Waals surface area contributed by atoms with Gasteiger partial charge >= 0.3 is 0 Å². The lowest BCUT2D eigenvalue weighted by Crippen LogP contribution is -2.40. The third-order valence-corrected chi connectivity index (χ3v) is 3.93. The molecule has 1 aromatic rings. The van der Waals surface area contributed by atoms with Gasteiger partial charge in [-0.1, -0.05) is 0 Å². The summed E-state index contributed by atoms with van der Waals surface area (Å²) in [5, 5.41) is 3.21. The molecule has 1 saturated carbocycles. The molecule has 4 heteroatoms. The minimum atomic E-state index is 0.0954. The van der Waals surface area contributed by atoms with Gasteiger partial charge in [-0.15, -0.1) is 11.3 Å². The molecular weight excluding hydrogens is 220 g/mol. The van der Waals surface area contributed by atoms with Gasteiger partial charge in [0.25, 0.3) is 0 Å². The zero-order chi connectivity index (χ0) is 11.5. The van der Waals surface area contributed by atoms with Gasteiger partial charge in [-0.05, 0) is 32.6 Å². The van der Waals surface area contributed by atoms with Crippen LogP contribution in [0.15, 0.2) is 5.38 Å². The van der Waals surface area contributed by atoms with E-state index in [4.69, 9.17) is 10.5 Å². The zero-order valence-corrected chi connectivity index (χ0v) is 10.8. The van der Waals surface area contributed by atoms with E-state index >= 15 is 0 Å². The van der Waals surface area contributed by atoms with Gasteiger partial charge < -0.3 is 10.5 Å². The van der Waals surface area contributed by atoms with Crippen molar-refractivity contribution in [2.45, 2.75) is 45.3 Å². The van der Waals surface area contributed by atoms with E-state index in [-0.39, 0.29) is 12.1 Å². The molecule has 0 radical (unpaired) electrons. The van der Waals surface area contributed by atoms with Crippen molar-refractivity contribution in [2.24, 2.45) is 11.7 Å². The van der Waals surface area contributed by atoms with Gasteiger partial charge in [-0.2, -0.15) is 0 Å². The molecule has 1 aliphatic carbocycles. The van der Waals surface area contributed by atoms with Gasteiger partial charge in [0.2, 0.25) is 0 Å². The first-order valence-corrected chi connectivity index (χ1v) is 6.87. The smallest absolute Gasteiger partial charge is 0.0944 e. The van der Waals surface area contributed by atoms with Crippen molar-refractivity contribution in [1.82, 2.24) is 4.98 Å². The van der Waals surface area contributed by atoms with Gasteiger partial charge in [0.1, 0.15) is 0 Å². The first-order chi connectivity index (χ1) is 7.70. The summed E-state index contributed by atoms with van der Waals surface area (Å²) in [6, 6.07) is 0.0954. The minimum absolute atomic E-state index is 0.0954. The van der Waals surface area contributed by atoms with E-state index in [1.807, 2.05) is 13.8 Å². The number of aryl methyl sites for hydroxylation is 1. The molecule has 1 fully saturated rings. The van der Waals surface area contributed by atoms with E-state index in [2.05, 4.69) is 10.4 Å². The molecule has 2 N–H and O–H groups in total. The van der Waals surface area contributed by atoms with Gasteiger partial charge in [0, 0.05) is 30.1 Å². The maximum atomic E-state index is 6.23. The van der Waals surface area contributed by atoms with Crippen LogP contribution >= 0.6 is 11.3 Å². The van der Waals surface area contributed by atoms with Crippen LogP contribution in [-0.4, -0.2) is 23.7 Å². The van der Waals surface area contributed by atoms with Gasteiger partial charge in [0.15, 0.2) is 0 Å². The first kappa shape index (κ1) is 12.0. The largest absolute Gasteiger partial charge is 0.377 e. The molecule has 1 aliphatic rings. The van der Waals surface area contributed by atoms with Gasteiger partial charge in [-0.3, -0.25) is 0 Å². The summed E-state index contributed by atoms with van der Waals surface area (Å²) in [5.41, 5.74) is 7.32. The fourth-order valence-electron chi connectivity index (χ4n) is 2.04. The van der Waals surface area contributed by atoms with Crippen molar-refractivity contribution in [3.63, 3.8) is 0 Å². The van der Waals surface area contributed by atoms with Crippen LogP contribution in [0.3, 0.4) is 0 Å². The highest BCUT2D eigenvalue weighted by Gasteiger charge is 2.35. The number of hydrogen-bond donors (Lipinski definition) is 1. The summed E-state index contributed by atoms with van der Waals surface area (Å²) >= 11 is 1.70. The Morgan fingerprint density at radius 2 is 2.38 bits per heavy atom. The van der Waals surface area contributed by atoms with Crippen molar-refractivity contribution in [2.75, 3.05) is 6.61 Å². The second kappa shape index (κ2) is 5.25. The molecular formula is C12H20N2OS. The maximum Gasteiger partial charge on any atom is 0.0944 e. The van der Waals surface area contributed by atoms with Gasteiger partial charge in [0.05, 0.1) is 11.1 Å². The molecule has 0 aromatic carbocycles. The van der Waals surface area contributed by atoms with Crippen molar-refractivity contribution in [3.05, 3.63) is 16.1 Å². The van der Waals surface area contributed by atoms with Crippen LogP contribution in [0.5, 0.6) is 0 Å². The van der Waals surface area contributed by atoms with Gasteiger partial charge in [-0.25, -0.2) is 4.98 Å². The van der Waals surface area contributed by atoms with E-state index < -0.39 is 0 Å². The van der Waals surface area contributed by atoms with E-state index in [0.29, 0.717) is 5.92 Å². The SMILES string of the molecule is CCOC(C(N)Cc1nc(C)cs1)C1CC1. The highest BCUT2D eigenvalue weighted by molar-refractivity contribution is 7.09. The van der Waals surface area contributed by atoms with E-state index in [1.165, 1.54) is 12.8 Å². The third kappa shape index (κ3) is 3.03. The second-order valence-corrected chi connectivity index (χ2v) is 5.45. The van der Waals surface area contributed by atoms with Crippen molar-refractivity contribution < 1.29 is 4.74 Å². The van der Waals surface area contributed by atoms with Crippen molar-refractivity contribution in [1.29, 1.82) is 0 Å². The molecule has 1 aromatic heterocycles. The zero-order valence-electron chi connectivity index (χ0n) is 9.98. The Labute approximate surface area is 101 Å². The van der Waals surface area contributed by atoms with Crippen molar-refractivity contribution >= 4 is 11.3 Å². The highest BCUT2D eigenvalue weighted by Crippen LogP contribution is 2.36. The lowest BCUT2D eigenvalue weighted by molar-refractivity contribution is 0.0288. The highest BCUT2D eigenvalue weighted by atomic mass is 32.1. The summed E-state index contributed by atoms with van der Waals surface area (Å²) < 4.78 is 5.76. The van der Waals surface area contributed by atoms with Crippen LogP contribution in [-0.2, 0) is 11.2 Å². The van der Waals surface area contributed by atoms with Crippen LogP contribution in [0.4, 0.5) is 0 Å². The predicted octanol–water partition coefficient (Wildman–Crippen LogP) is 2.14. The Balaban J connectivity index is 1.91. The average Bonchev–Trinajstić information content (AvgIpc) is 3.00. The summed E-state index contributed by atoms with van der Waals surface area (Å²) in [6.07, 6.45) is 3.62. The lowest BCUT2D eigenvalue weighted by atomic mass is 10.0. The third-order valence-electron chi connectivity index (χ3n) is 2.94. The Kier molecular flexibility index (Phi) is 3.95. The Bertz CT molecular complexity index is 336. The minimum Gasteiger partial charge on any atom is -0.377 e. The number of aromatic nitrogens is 1. The van der Waals surface area contributed by atoms with E-state index in [0.717, 1.165) is 23.7 Å². The monoisotopic (exact) mass is 240 g/mol. The second-order valence-electron chi connectivity index (χ2n) is 4.51. The number of thiazole rings is 1. The maximum absolute atomic E-state index is 6.23. The molecule has 0 aliphatic heterocycles. The molecule has 0 spiro atoms. The Hall–Kier alpha value is -0.450. The molecule has 2 rings (SSSR count). The summed E-state index contributed by atoms with van der Waals surface area (Å²) in [7, 11) is 0. The molecule has 1 heterocycles. The quantitative estimate of drug-likeness (QED) is 0.828. The molecule has 3 nitrogen and oxygen atoms in total. The first-order valence-electron chi connectivity index (χ1n) is 5.99. The van der Waals surface area contributed by atoms with Crippen LogP contribution in [0.25, 0.3) is 0 Å². The van der Waals surface area contributed by atoms with Crippen LogP contribution in [0, 0.1) is 12.8 Å². The number of rotatable bonds is 6. The van der Waals surface area contributed by atoms with E-state index in [9.17, 15) is 0 Å². The van der Waals surface area contributed by atoms with Crippen LogP contribution < -0.4 is 5.73 Å². The van der Waals surface area contributed by atoms with Crippen LogP contribution in [0.2, 0.25) is 0 Å². The average molecular weight is 240 g/mol. The Morgan fingerprint density at radius 1 is 1.62 bits per heavy atom. The summed E-state index contributed by atoms with van der Waals surface area (Å²) in [6.45, 7) is 4.81. The molecule has 2 atom stereocenters. The van der Waals surface area contributed by atoms with Crippen LogP contribution in [0.1, 0.15) is 30.5 Å².